The number of hydrogen-bond donors (Lipinski definition) is 2. The molecule has 0 spiro atoms. The number of hydrogen-bond acceptors (Lipinski definition) is 5. The Labute approximate surface area is 247 Å². The van der Waals surface area contributed by atoms with Gasteiger partial charge in [-0.05, 0) is 74.8 Å². The van der Waals surface area contributed by atoms with Gasteiger partial charge in [0.1, 0.15) is 17.2 Å². The van der Waals surface area contributed by atoms with Gasteiger partial charge in [-0.25, -0.2) is 4.21 Å². The monoisotopic (exact) mass is 610 g/mol. The van der Waals surface area contributed by atoms with Gasteiger partial charge in [-0.15, -0.1) is 13.2 Å². The van der Waals surface area contributed by atoms with E-state index in [1.807, 2.05) is 0 Å². The zero-order valence-corrected chi connectivity index (χ0v) is 24.7. The van der Waals surface area contributed by atoms with E-state index in [0.717, 1.165) is 94.8 Å². The first-order valence-electron chi connectivity index (χ1n) is 15.4. The molecule has 3 aliphatic rings. The molecule has 3 aliphatic carbocycles. The second-order valence-electron chi connectivity index (χ2n) is 12.4. The lowest BCUT2D eigenvalue weighted by Gasteiger charge is -2.33. The van der Waals surface area contributed by atoms with Crippen LogP contribution >= 0.6 is 0 Å². The van der Waals surface area contributed by atoms with Crippen molar-refractivity contribution in [3.8, 4) is 17.0 Å². The van der Waals surface area contributed by atoms with Crippen LogP contribution in [0.15, 0.2) is 28.8 Å². The van der Waals surface area contributed by atoms with Crippen LogP contribution in [-0.2, 0) is 22.5 Å². The molecular weight excluding hydrogens is 569 g/mol. The van der Waals surface area contributed by atoms with Gasteiger partial charge in [0.2, 0.25) is 5.91 Å². The van der Waals surface area contributed by atoms with Gasteiger partial charge in [-0.3, -0.25) is 14.1 Å². The third-order valence-electron chi connectivity index (χ3n) is 9.49. The molecule has 5 rings (SSSR count). The second-order valence-corrected chi connectivity index (χ2v) is 13.1. The van der Waals surface area contributed by atoms with Gasteiger partial charge in [-0.1, -0.05) is 68.7 Å². The van der Waals surface area contributed by atoms with Crippen molar-refractivity contribution in [3.63, 3.8) is 0 Å². The lowest BCUT2D eigenvalue weighted by atomic mass is 9.73. The summed E-state index contributed by atoms with van der Waals surface area (Å²) in [6, 6.07) is 6.18. The molecule has 1 heterocycles. The Morgan fingerprint density at radius 1 is 0.952 bits per heavy atom. The Kier molecular flexibility index (Phi) is 10.3. The van der Waals surface area contributed by atoms with E-state index in [1.165, 1.54) is 25.0 Å². The molecule has 11 heteroatoms. The van der Waals surface area contributed by atoms with Crippen molar-refractivity contribution in [1.29, 1.82) is 0 Å². The fourth-order valence-electron chi connectivity index (χ4n) is 7.26. The maximum atomic E-state index is 13.2. The molecule has 0 saturated heterocycles. The van der Waals surface area contributed by atoms with E-state index >= 15 is 0 Å². The number of nitrogens with one attached hydrogen (secondary N) is 1. The van der Waals surface area contributed by atoms with E-state index in [-0.39, 0.29) is 23.5 Å². The number of carbonyl (C=O) groups is 1. The van der Waals surface area contributed by atoms with E-state index in [2.05, 4.69) is 14.6 Å². The molecule has 3 atom stereocenters. The molecule has 232 valence electrons. The molecule has 3 saturated carbocycles. The number of ether oxygens (including phenoxy) is 1. The maximum absolute atomic E-state index is 13.2. The number of nitrogens with zero attached hydrogens (tertiary/aromatic N) is 1. The summed E-state index contributed by atoms with van der Waals surface area (Å²) in [5.74, 6) is 1.97. The number of alkyl halides is 3. The van der Waals surface area contributed by atoms with Crippen molar-refractivity contribution >= 4 is 17.2 Å². The third-order valence-corrected chi connectivity index (χ3v) is 9.87. The van der Waals surface area contributed by atoms with Gasteiger partial charge in [0, 0.05) is 23.0 Å². The first-order chi connectivity index (χ1) is 20.2. The summed E-state index contributed by atoms with van der Waals surface area (Å²) in [7, 11) is 0. The van der Waals surface area contributed by atoms with Crippen molar-refractivity contribution in [3.05, 3.63) is 35.6 Å². The second kappa shape index (κ2) is 13.9. The quantitative estimate of drug-likeness (QED) is 0.293. The lowest BCUT2D eigenvalue weighted by molar-refractivity contribution is -0.274. The number of benzene rings is 1. The fraction of sp³-hybridized carbons (Fsp3) is 0.677. The zero-order valence-electron chi connectivity index (χ0n) is 23.9. The van der Waals surface area contributed by atoms with Crippen LogP contribution in [0.3, 0.4) is 0 Å². The van der Waals surface area contributed by atoms with Crippen LogP contribution in [0.4, 0.5) is 13.2 Å². The van der Waals surface area contributed by atoms with Crippen molar-refractivity contribution in [2.75, 3.05) is 0 Å². The highest BCUT2D eigenvalue weighted by molar-refractivity contribution is 7.77. The third kappa shape index (κ3) is 8.36. The van der Waals surface area contributed by atoms with Gasteiger partial charge in [0.15, 0.2) is 0 Å². The standard InChI is InChI=1S/C31H41F3N2O5S/c32-31(33,34)40-27-14-4-3-13-25(27)28-26(29(41-35-28)23-17-18-23)19-20-7-1-2-8-22(16-15-20)21-9-5-11-24(12-6-10-21)30(37)36-42(38)39/h3-4,13-14,20-24H,1-2,5-12,15-19H2,(H,36,37)(H,38,39). The Morgan fingerprint density at radius 3 is 2.31 bits per heavy atom. The normalized spacial score (nSPS) is 26.8. The molecule has 1 aromatic carbocycles. The smallest absolute Gasteiger partial charge is 0.405 e. The Hall–Kier alpha value is -2.40. The van der Waals surface area contributed by atoms with E-state index in [1.54, 1.807) is 12.1 Å². The minimum Gasteiger partial charge on any atom is -0.405 e. The fourth-order valence-corrected chi connectivity index (χ4v) is 7.60. The molecule has 0 radical (unpaired) electrons. The number of aromatic nitrogens is 1. The van der Waals surface area contributed by atoms with Gasteiger partial charge in [-0.2, -0.15) is 0 Å². The first-order valence-corrected chi connectivity index (χ1v) is 16.5. The lowest BCUT2D eigenvalue weighted by Crippen LogP contribution is -2.33. The topological polar surface area (TPSA) is 102 Å². The predicted octanol–water partition coefficient (Wildman–Crippen LogP) is 8.09. The number of carbonyl (C=O) groups excluding carboxylic acids is 1. The number of halogens is 3. The molecule has 3 unspecified atom stereocenters. The van der Waals surface area contributed by atoms with E-state index in [0.29, 0.717) is 29.0 Å². The van der Waals surface area contributed by atoms with Gasteiger partial charge < -0.3 is 9.26 Å². The van der Waals surface area contributed by atoms with Gasteiger partial charge >= 0.3 is 6.36 Å². The van der Waals surface area contributed by atoms with Crippen molar-refractivity contribution in [1.82, 2.24) is 9.88 Å². The Balaban J connectivity index is 1.25. The van der Waals surface area contributed by atoms with Crippen LogP contribution in [0.5, 0.6) is 5.75 Å². The van der Waals surface area contributed by atoms with Crippen molar-refractivity contribution < 1.29 is 36.0 Å². The molecule has 0 bridgehead atoms. The Morgan fingerprint density at radius 2 is 1.62 bits per heavy atom. The van der Waals surface area contributed by atoms with Crippen LogP contribution in [0.1, 0.15) is 107 Å². The molecule has 2 aromatic rings. The minimum atomic E-state index is -4.79. The molecule has 0 aliphatic heterocycles. The predicted molar refractivity (Wildman–Crippen MR) is 153 cm³/mol. The molecule has 3 fully saturated rings. The summed E-state index contributed by atoms with van der Waals surface area (Å²) in [5.41, 5.74) is 1.73. The highest BCUT2D eigenvalue weighted by Gasteiger charge is 2.37. The largest absolute Gasteiger partial charge is 0.573 e. The highest BCUT2D eigenvalue weighted by Crippen LogP contribution is 2.47. The van der Waals surface area contributed by atoms with Crippen LogP contribution in [0.25, 0.3) is 11.3 Å². The van der Waals surface area contributed by atoms with Crippen LogP contribution in [0, 0.1) is 23.7 Å². The number of para-hydroxylation sites is 1. The number of rotatable bonds is 8. The maximum Gasteiger partial charge on any atom is 0.573 e. The van der Waals surface area contributed by atoms with Crippen LogP contribution in [0.2, 0.25) is 0 Å². The van der Waals surface area contributed by atoms with Crippen molar-refractivity contribution in [2.24, 2.45) is 23.7 Å². The van der Waals surface area contributed by atoms with Crippen LogP contribution in [-0.4, -0.2) is 26.2 Å². The first kappa shape index (κ1) is 31.0. The van der Waals surface area contributed by atoms with Gasteiger partial charge in [0.05, 0.1) is 0 Å². The summed E-state index contributed by atoms with van der Waals surface area (Å²) >= 11 is -2.32. The van der Waals surface area contributed by atoms with E-state index in [4.69, 9.17) is 9.08 Å². The highest BCUT2D eigenvalue weighted by atomic mass is 32.2. The summed E-state index contributed by atoms with van der Waals surface area (Å²) < 4.78 is 71.8. The minimum absolute atomic E-state index is 0.200. The van der Waals surface area contributed by atoms with E-state index < -0.39 is 17.6 Å². The summed E-state index contributed by atoms with van der Waals surface area (Å²) in [6.07, 6.45) is 10.2. The summed E-state index contributed by atoms with van der Waals surface area (Å²) in [5, 5.41) is 4.31. The average Bonchev–Trinajstić information content (AvgIpc) is 3.65. The molecule has 1 aromatic heterocycles. The molecular formula is C31H41F3N2O5S. The average molecular weight is 611 g/mol. The molecule has 7 nitrogen and oxygen atoms in total. The number of amides is 1. The van der Waals surface area contributed by atoms with Gasteiger partial charge in [0.25, 0.3) is 11.3 Å². The van der Waals surface area contributed by atoms with E-state index in [9.17, 15) is 22.2 Å². The SMILES string of the molecule is O=C(NS(=O)O)C1CCCC(C2CCCCC(Cc3c(-c4ccccc4OC(F)(F)F)noc3C3CC3)CC2)CCC1. The molecule has 1 amide bonds. The zero-order chi connectivity index (χ0) is 29.7. The molecule has 42 heavy (non-hydrogen) atoms. The van der Waals surface area contributed by atoms with Crippen molar-refractivity contribution in [2.45, 2.75) is 109 Å². The molecule has 2 N–H and O–H groups in total. The summed E-state index contributed by atoms with van der Waals surface area (Å²) in [6.45, 7) is 0. The Bertz CT molecular complexity index is 1220. The summed E-state index contributed by atoms with van der Waals surface area (Å²) in [4.78, 5) is 12.2. The van der Waals surface area contributed by atoms with Crippen LogP contribution < -0.4 is 9.46 Å².